The Kier molecular flexibility index (Phi) is 4.67. The maximum Gasteiger partial charge on any atom is 0.0624 e. The lowest BCUT2D eigenvalue weighted by Gasteiger charge is -2.17. The quantitative estimate of drug-likeness (QED) is 0.781. The van der Waals surface area contributed by atoms with Crippen LogP contribution >= 0.6 is 0 Å². The largest absolute Gasteiger partial charge is 0.316 e. The second-order valence-electron chi connectivity index (χ2n) is 6.50. The van der Waals surface area contributed by atoms with Crippen LogP contribution in [0.4, 0.5) is 0 Å². The summed E-state index contributed by atoms with van der Waals surface area (Å²) in [6.45, 7) is 12.2. The Morgan fingerprint density at radius 3 is 2.63 bits per heavy atom. The molecule has 108 valence electrons. The molecule has 19 heavy (non-hydrogen) atoms. The van der Waals surface area contributed by atoms with E-state index in [-0.39, 0.29) is 0 Å². The standard InChI is InChI=1S/C16H29N3/c1-5-14-9-15(19(6-2)18-14)10-16(7-8-16)12-17-11-13(3)4/h9,13,17H,5-8,10-12H2,1-4H3. The lowest BCUT2D eigenvalue weighted by molar-refractivity contribution is 0.419. The zero-order valence-corrected chi connectivity index (χ0v) is 13.0. The van der Waals surface area contributed by atoms with Gasteiger partial charge in [0.15, 0.2) is 0 Å². The summed E-state index contributed by atoms with van der Waals surface area (Å²) in [6, 6.07) is 2.31. The van der Waals surface area contributed by atoms with Crippen molar-refractivity contribution in [3.8, 4) is 0 Å². The summed E-state index contributed by atoms with van der Waals surface area (Å²) in [6.07, 6.45) is 4.97. The van der Waals surface area contributed by atoms with Crippen molar-refractivity contribution in [3.63, 3.8) is 0 Å². The Hall–Kier alpha value is -0.830. The van der Waals surface area contributed by atoms with E-state index in [1.807, 2.05) is 0 Å². The first-order chi connectivity index (χ1) is 9.08. The van der Waals surface area contributed by atoms with Crippen LogP contribution in [0.3, 0.4) is 0 Å². The average molecular weight is 263 g/mol. The highest BCUT2D eigenvalue weighted by atomic mass is 15.3. The van der Waals surface area contributed by atoms with E-state index in [2.05, 4.69) is 48.9 Å². The van der Waals surface area contributed by atoms with Gasteiger partial charge in [0.2, 0.25) is 0 Å². The van der Waals surface area contributed by atoms with Crippen LogP contribution < -0.4 is 5.32 Å². The number of nitrogens with one attached hydrogen (secondary N) is 1. The minimum atomic E-state index is 0.521. The molecule has 1 fully saturated rings. The van der Waals surface area contributed by atoms with Crippen LogP contribution in [0.2, 0.25) is 0 Å². The first-order valence-corrected chi connectivity index (χ1v) is 7.85. The third-order valence-electron chi connectivity index (χ3n) is 4.14. The van der Waals surface area contributed by atoms with Crippen molar-refractivity contribution in [1.29, 1.82) is 0 Å². The number of aryl methyl sites for hydroxylation is 2. The molecule has 0 spiro atoms. The topological polar surface area (TPSA) is 29.9 Å². The molecule has 1 aromatic rings. The predicted octanol–water partition coefficient (Wildman–Crippen LogP) is 3.03. The molecule has 3 nitrogen and oxygen atoms in total. The van der Waals surface area contributed by atoms with Crippen LogP contribution in [-0.2, 0) is 19.4 Å². The van der Waals surface area contributed by atoms with Gasteiger partial charge in [-0.3, -0.25) is 4.68 Å². The molecule has 0 radical (unpaired) electrons. The van der Waals surface area contributed by atoms with Crippen molar-refractivity contribution in [2.24, 2.45) is 11.3 Å². The molecule has 0 atom stereocenters. The number of hydrogen-bond acceptors (Lipinski definition) is 2. The molecule has 3 heteroatoms. The lowest BCUT2D eigenvalue weighted by atomic mass is 9.99. The van der Waals surface area contributed by atoms with E-state index >= 15 is 0 Å². The Morgan fingerprint density at radius 2 is 2.11 bits per heavy atom. The van der Waals surface area contributed by atoms with Gasteiger partial charge < -0.3 is 5.32 Å². The Bertz CT molecular complexity index is 402. The highest BCUT2D eigenvalue weighted by molar-refractivity contribution is 5.15. The molecule has 0 saturated heterocycles. The monoisotopic (exact) mass is 263 g/mol. The fourth-order valence-electron chi connectivity index (χ4n) is 2.71. The smallest absolute Gasteiger partial charge is 0.0624 e. The third-order valence-corrected chi connectivity index (χ3v) is 4.14. The summed E-state index contributed by atoms with van der Waals surface area (Å²) in [5, 5.41) is 8.30. The zero-order chi connectivity index (χ0) is 13.9. The van der Waals surface area contributed by atoms with Gasteiger partial charge in [0, 0.05) is 18.8 Å². The van der Waals surface area contributed by atoms with E-state index in [9.17, 15) is 0 Å². The van der Waals surface area contributed by atoms with E-state index < -0.39 is 0 Å². The highest BCUT2D eigenvalue weighted by Gasteiger charge is 2.42. The molecule has 1 aliphatic carbocycles. The van der Waals surface area contributed by atoms with Crippen LogP contribution in [0.5, 0.6) is 0 Å². The van der Waals surface area contributed by atoms with Gasteiger partial charge in [-0.25, -0.2) is 0 Å². The Labute approximate surface area is 117 Å². The average Bonchev–Trinajstić information content (AvgIpc) is 3.01. The maximum atomic E-state index is 4.66. The molecule has 1 aromatic heterocycles. The number of aromatic nitrogens is 2. The SMILES string of the molecule is CCc1cc(CC2(CNCC(C)C)CC2)n(CC)n1. The van der Waals surface area contributed by atoms with Crippen LogP contribution in [0.15, 0.2) is 6.07 Å². The molecule has 1 heterocycles. The van der Waals surface area contributed by atoms with E-state index in [1.165, 1.54) is 37.2 Å². The number of nitrogens with zero attached hydrogens (tertiary/aromatic N) is 2. The molecule has 1 aliphatic rings. The van der Waals surface area contributed by atoms with Gasteiger partial charge in [-0.15, -0.1) is 0 Å². The fourth-order valence-corrected chi connectivity index (χ4v) is 2.71. The van der Waals surface area contributed by atoms with Crippen molar-refractivity contribution in [3.05, 3.63) is 17.5 Å². The van der Waals surface area contributed by atoms with Gasteiger partial charge in [-0.2, -0.15) is 5.10 Å². The second-order valence-corrected chi connectivity index (χ2v) is 6.50. The summed E-state index contributed by atoms with van der Waals surface area (Å²) in [5.74, 6) is 0.740. The van der Waals surface area contributed by atoms with Crippen molar-refractivity contribution in [2.45, 2.75) is 59.9 Å². The maximum absolute atomic E-state index is 4.66. The second kappa shape index (κ2) is 6.08. The minimum Gasteiger partial charge on any atom is -0.316 e. The van der Waals surface area contributed by atoms with Gasteiger partial charge in [0.05, 0.1) is 5.69 Å². The van der Waals surface area contributed by atoms with Gasteiger partial charge in [-0.05, 0) is 56.6 Å². The lowest BCUT2D eigenvalue weighted by Crippen LogP contribution is -2.29. The Morgan fingerprint density at radius 1 is 1.37 bits per heavy atom. The molecule has 0 amide bonds. The molecular weight excluding hydrogens is 234 g/mol. The molecular formula is C16H29N3. The third kappa shape index (κ3) is 3.82. The summed E-state index contributed by atoms with van der Waals surface area (Å²) < 4.78 is 2.20. The van der Waals surface area contributed by atoms with Crippen LogP contribution in [0, 0.1) is 11.3 Å². The number of hydrogen-bond donors (Lipinski definition) is 1. The molecule has 0 aliphatic heterocycles. The van der Waals surface area contributed by atoms with Crippen LogP contribution in [-0.4, -0.2) is 22.9 Å². The van der Waals surface area contributed by atoms with Gasteiger partial charge in [-0.1, -0.05) is 20.8 Å². The van der Waals surface area contributed by atoms with E-state index in [4.69, 9.17) is 0 Å². The highest BCUT2D eigenvalue weighted by Crippen LogP contribution is 2.47. The predicted molar refractivity (Wildman–Crippen MR) is 80.4 cm³/mol. The minimum absolute atomic E-state index is 0.521. The molecule has 1 N–H and O–H groups in total. The van der Waals surface area contributed by atoms with E-state index in [0.29, 0.717) is 5.41 Å². The van der Waals surface area contributed by atoms with Crippen LogP contribution in [0.1, 0.15) is 51.9 Å². The normalized spacial score (nSPS) is 17.1. The molecule has 0 aromatic carbocycles. The number of rotatable bonds is 8. The summed E-state index contributed by atoms with van der Waals surface area (Å²) in [7, 11) is 0. The Balaban J connectivity index is 1.94. The summed E-state index contributed by atoms with van der Waals surface area (Å²) in [4.78, 5) is 0. The zero-order valence-electron chi connectivity index (χ0n) is 13.0. The summed E-state index contributed by atoms with van der Waals surface area (Å²) in [5.41, 5.74) is 3.19. The van der Waals surface area contributed by atoms with E-state index in [0.717, 1.165) is 25.4 Å². The molecule has 0 unspecified atom stereocenters. The first kappa shape index (κ1) is 14.6. The van der Waals surface area contributed by atoms with Gasteiger partial charge >= 0.3 is 0 Å². The van der Waals surface area contributed by atoms with Crippen molar-refractivity contribution in [1.82, 2.24) is 15.1 Å². The van der Waals surface area contributed by atoms with Crippen molar-refractivity contribution < 1.29 is 0 Å². The fraction of sp³-hybridized carbons (Fsp3) is 0.812. The van der Waals surface area contributed by atoms with E-state index in [1.54, 1.807) is 0 Å². The molecule has 2 rings (SSSR count). The van der Waals surface area contributed by atoms with Crippen LogP contribution in [0.25, 0.3) is 0 Å². The van der Waals surface area contributed by atoms with Gasteiger partial charge in [0.25, 0.3) is 0 Å². The first-order valence-electron chi connectivity index (χ1n) is 7.85. The molecule has 1 saturated carbocycles. The van der Waals surface area contributed by atoms with Gasteiger partial charge in [0.1, 0.15) is 0 Å². The van der Waals surface area contributed by atoms with Crippen molar-refractivity contribution in [2.75, 3.05) is 13.1 Å². The van der Waals surface area contributed by atoms with Crippen molar-refractivity contribution >= 4 is 0 Å². The summed E-state index contributed by atoms with van der Waals surface area (Å²) >= 11 is 0. The molecule has 0 bridgehead atoms.